The molecular formula is C12H16N2O. The van der Waals surface area contributed by atoms with Crippen LogP contribution < -0.4 is 4.74 Å². The Morgan fingerprint density at radius 1 is 1.53 bits per heavy atom. The third-order valence-corrected chi connectivity index (χ3v) is 3.64. The van der Waals surface area contributed by atoms with Crippen molar-refractivity contribution in [2.75, 3.05) is 13.7 Å². The van der Waals surface area contributed by atoms with E-state index in [4.69, 9.17) is 4.74 Å². The summed E-state index contributed by atoms with van der Waals surface area (Å²) in [5.41, 5.74) is 0. The topological polar surface area (TPSA) is 25.4 Å². The second kappa shape index (κ2) is 3.49. The van der Waals surface area contributed by atoms with E-state index in [0.29, 0.717) is 6.04 Å². The molecule has 15 heavy (non-hydrogen) atoms. The van der Waals surface area contributed by atoms with Crippen molar-refractivity contribution in [2.45, 2.75) is 24.9 Å². The number of nitrogens with zero attached hydrogens (tertiary/aromatic N) is 2. The number of rotatable bonds is 3. The van der Waals surface area contributed by atoms with Crippen LogP contribution in [0.5, 0.6) is 5.75 Å². The van der Waals surface area contributed by atoms with Gasteiger partial charge >= 0.3 is 0 Å². The van der Waals surface area contributed by atoms with Crippen molar-refractivity contribution < 1.29 is 4.74 Å². The molecule has 3 atom stereocenters. The first-order valence-corrected chi connectivity index (χ1v) is 5.59. The molecule has 1 aliphatic heterocycles. The molecule has 80 valence electrons. The average Bonchev–Trinajstić information content (AvgIpc) is 2.98. The van der Waals surface area contributed by atoms with E-state index in [1.54, 1.807) is 12.4 Å². The first kappa shape index (κ1) is 9.16. The Kier molecular flexibility index (Phi) is 2.13. The van der Waals surface area contributed by atoms with Gasteiger partial charge in [0.15, 0.2) is 0 Å². The smallest absolute Gasteiger partial charge is 0.137 e. The summed E-state index contributed by atoms with van der Waals surface area (Å²) in [5, 5.41) is 0. The number of aromatic nitrogens is 1. The molecule has 1 aromatic heterocycles. The first-order chi connectivity index (χ1) is 7.34. The van der Waals surface area contributed by atoms with Crippen LogP contribution in [0.2, 0.25) is 0 Å². The maximum atomic E-state index is 5.73. The van der Waals surface area contributed by atoms with Gasteiger partial charge in [-0.3, -0.25) is 9.88 Å². The fourth-order valence-electron chi connectivity index (χ4n) is 2.58. The van der Waals surface area contributed by atoms with Crippen LogP contribution in [0.15, 0.2) is 24.5 Å². The number of pyridine rings is 1. The maximum absolute atomic E-state index is 5.73. The quantitative estimate of drug-likeness (QED) is 0.747. The van der Waals surface area contributed by atoms with Gasteiger partial charge in [-0.1, -0.05) is 0 Å². The van der Waals surface area contributed by atoms with Gasteiger partial charge in [0.05, 0.1) is 6.20 Å². The fraction of sp³-hybridized carbons (Fsp3) is 0.583. The summed E-state index contributed by atoms with van der Waals surface area (Å²) in [4.78, 5) is 6.51. The molecule has 2 heterocycles. The number of hydrogen-bond acceptors (Lipinski definition) is 3. The zero-order valence-electron chi connectivity index (χ0n) is 8.97. The Labute approximate surface area is 90.1 Å². The molecule has 0 spiro atoms. The van der Waals surface area contributed by atoms with Crippen LogP contribution in [0.1, 0.15) is 12.8 Å². The molecule has 1 aromatic rings. The molecule has 0 aromatic carbocycles. The van der Waals surface area contributed by atoms with Crippen molar-refractivity contribution in [1.82, 2.24) is 9.88 Å². The van der Waals surface area contributed by atoms with Crippen molar-refractivity contribution in [3.63, 3.8) is 0 Å². The van der Waals surface area contributed by atoms with Crippen molar-refractivity contribution in [3.8, 4) is 5.75 Å². The summed E-state index contributed by atoms with van der Waals surface area (Å²) in [7, 11) is 2.22. The standard InChI is InChI=1S/C12H16N2O/c1-14-10(5-9-6-12(9)14)8-15-11-3-2-4-13-7-11/h2-4,7,9-10,12H,5-6,8H2,1H3/t9-,10+,12-/m1/s1. The highest BCUT2D eigenvalue weighted by Gasteiger charge is 2.50. The van der Waals surface area contributed by atoms with Crippen LogP contribution >= 0.6 is 0 Å². The fourth-order valence-corrected chi connectivity index (χ4v) is 2.58. The molecule has 0 amide bonds. The third-order valence-electron chi connectivity index (χ3n) is 3.64. The first-order valence-electron chi connectivity index (χ1n) is 5.59. The Morgan fingerprint density at radius 3 is 3.13 bits per heavy atom. The van der Waals surface area contributed by atoms with Gasteiger partial charge in [-0.15, -0.1) is 0 Å². The molecule has 3 heteroatoms. The van der Waals surface area contributed by atoms with E-state index in [2.05, 4.69) is 16.9 Å². The SMILES string of the molecule is CN1[C@H](COc2cccnc2)C[C@@H]2C[C@H]21. The molecule has 0 N–H and O–H groups in total. The van der Waals surface area contributed by atoms with Gasteiger partial charge in [0.25, 0.3) is 0 Å². The summed E-state index contributed by atoms with van der Waals surface area (Å²) in [6.07, 6.45) is 6.25. The lowest BCUT2D eigenvalue weighted by molar-refractivity contribution is 0.176. The van der Waals surface area contributed by atoms with Crippen molar-refractivity contribution in [2.24, 2.45) is 5.92 Å². The average molecular weight is 204 g/mol. The predicted octanol–water partition coefficient (Wildman–Crippen LogP) is 1.55. The molecule has 0 bridgehead atoms. The van der Waals surface area contributed by atoms with Gasteiger partial charge in [0.1, 0.15) is 12.4 Å². The predicted molar refractivity (Wildman–Crippen MR) is 57.8 cm³/mol. The van der Waals surface area contributed by atoms with Gasteiger partial charge in [0, 0.05) is 18.3 Å². The lowest BCUT2D eigenvalue weighted by atomic mass is 10.2. The third kappa shape index (κ3) is 1.72. The Bertz CT molecular complexity index is 341. The summed E-state index contributed by atoms with van der Waals surface area (Å²) < 4.78 is 5.73. The minimum Gasteiger partial charge on any atom is -0.490 e. The molecule has 3 nitrogen and oxygen atoms in total. The zero-order chi connectivity index (χ0) is 10.3. The van der Waals surface area contributed by atoms with Crippen LogP contribution in [0.4, 0.5) is 0 Å². The largest absolute Gasteiger partial charge is 0.490 e. The van der Waals surface area contributed by atoms with E-state index >= 15 is 0 Å². The van der Waals surface area contributed by atoms with Crippen LogP contribution in [0.25, 0.3) is 0 Å². The second-order valence-electron chi connectivity index (χ2n) is 4.62. The molecule has 1 saturated heterocycles. The summed E-state index contributed by atoms with van der Waals surface area (Å²) in [5.74, 6) is 1.84. The van der Waals surface area contributed by atoms with E-state index in [1.165, 1.54) is 12.8 Å². The van der Waals surface area contributed by atoms with Crippen molar-refractivity contribution in [3.05, 3.63) is 24.5 Å². The number of likely N-dealkylation sites (N-methyl/N-ethyl adjacent to an activating group) is 1. The van der Waals surface area contributed by atoms with Gasteiger partial charge < -0.3 is 4.74 Å². The lowest BCUT2D eigenvalue weighted by Gasteiger charge is -2.22. The summed E-state index contributed by atoms with van der Waals surface area (Å²) in [6.45, 7) is 0.801. The van der Waals surface area contributed by atoms with E-state index in [9.17, 15) is 0 Å². The molecule has 2 aliphatic rings. The monoisotopic (exact) mass is 204 g/mol. The zero-order valence-corrected chi connectivity index (χ0v) is 8.97. The maximum Gasteiger partial charge on any atom is 0.137 e. The van der Waals surface area contributed by atoms with Crippen LogP contribution in [0.3, 0.4) is 0 Å². The molecule has 0 radical (unpaired) electrons. The van der Waals surface area contributed by atoms with Gasteiger partial charge in [0.2, 0.25) is 0 Å². The van der Waals surface area contributed by atoms with Gasteiger partial charge in [-0.25, -0.2) is 0 Å². The molecular weight excluding hydrogens is 188 g/mol. The molecule has 0 unspecified atom stereocenters. The number of fused-ring (bicyclic) bond motifs is 1. The molecule has 1 aliphatic carbocycles. The lowest BCUT2D eigenvalue weighted by Crippen LogP contribution is -2.33. The summed E-state index contributed by atoms with van der Waals surface area (Å²) >= 11 is 0. The van der Waals surface area contributed by atoms with Gasteiger partial charge in [-0.2, -0.15) is 0 Å². The minimum absolute atomic E-state index is 0.606. The van der Waals surface area contributed by atoms with Crippen molar-refractivity contribution in [1.29, 1.82) is 0 Å². The number of likely N-dealkylation sites (tertiary alicyclic amines) is 1. The normalized spacial score (nSPS) is 33.8. The highest BCUT2D eigenvalue weighted by Crippen LogP contribution is 2.46. The Hall–Kier alpha value is -1.09. The van der Waals surface area contributed by atoms with E-state index in [0.717, 1.165) is 24.3 Å². The molecule has 2 fully saturated rings. The van der Waals surface area contributed by atoms with E-state index in [-0.39, 0.29) is 0 Å². The Morgan fingerprint density at radius 2 is 2.47 bits per heavy atom. The second-order valence-corrected chi connectivity index (χ2v) is 4.62. The number of ether oxygens (including phenoxy) is 1. The number of piperidine rings is 1. The van der Waals surface area contributed by atoms with E-state index in [1.807, 2.05) is 12.1 Å². The number of hydrogen-bond donors (Lipinski definition) is 0. The minimum atomic E-state index is 0.606. The highest BCUT2D eigenvalue weighted by molar-refractivity contribution is 5.15. The summed E-state index contributed by atoms with van der Waals surface area (Å²) in [6, 6.07) is 5.33. The highest BCUT2D eigenvalue weighted by atomic mass is 16.5. The molecule has 1 saturated carbocycles. The van der Waals surface area contributed by atoms with E-state index < -0.39 is 0 Å². The van der Waals surface area contributed by atoms with Crippen LogP contribution in [-0.4, -0.2) is 35.6 Å². The van der Waals surface area contributed by atoms with Crippen LogP contribution in [0, 0.1) is 5.92 Å². The molecule has 3 rings (SSSR count). The van der Waals surface area contributed by atoms with Crippen LogP contribution in [-0.2, 0) is 0 Å². The van der Waals surface area contributed by atoms with Gasteiger partial charge in [-0.05, 0) is 37.9 Å². The van der Waals surface area contributed by atoms with Crippen molar-refractivity contribution >= 4 is 0 Å². The Balaban J connectivity index is 1.54.